The van der Waals surface area contributed by atoms with Gasteiger partial charge < -0.3 is 4.74 Å². The van der Waals surface area contributed by atoms with Crippen LogP contribution < -0.4 is 0 Å². The van der Waals surface area contributed by atoms with E-state index in [0.717, 1.165) is 5.69 Å². The van der Waals surface area contributed by atoms with E-state index in [1.165, 1.54) is 4.80 Å². The zero-order valence-electron chi connectivity index (χ0n) is 10.4. The summed E-state index contributed by atoms with van der Waals surface area (Å²) in [7, 11) is 0. The van der Waals surface area contributed by atoms with Crippen molar-refractivity contribution in [2.45, 2.75) is 6.92 Å². The van der Waals surface area contributed by atoms with Crippen molar-refractivity contribution in [3.8, 4) is 5.69 Å². The molecular formula is C13H13ClN4O. The Morgan fingerprint density at radius 3 is 2.79 bits per heavy atom. The third-order valence-corrected chi connectivity index (χ3v) is 2.44. The van der Waals surface area contributed by atoms with Gasteiger partial charge in [-0.2, -0.15) is 0 Å². The maximum absolute atomic E-state index is 5.82. The summed E-state index contributed by atoms with van der Waals surface area (Å²) in [5.74, 6) is 0.524. The maximum Gasteiger partial charge on any atom is 0.198 e. The van der Waals surface area contributed by atoms with Crippen molar-refractivity contribution in [3.63, 3.8) is 0 Å². The van der Waals surface area contributed by atoms with E-state index in [9.17, 15) is 0 Å². The Kier molecular flexibility index (Phi) is 4.69. The van der Waals surface area contributed by atoms with E-state index in [2.05, 4.69) is 15.4 Å². The van der Waals surface area contributed by atoms with Gasteiger partial charge in [0.15, 0.2) is 5.82 Å². The zero-order valence-corrected chi connectivity index (χ0v) is 11.2. The molecule has 0 atom stereocenters. The number of ether oxygens (including phenoxy) is 1. The highest BCUT2D eigenvalue weighted by Gasteiger charge is 2.01. The van der Waals surface area contributed by atoms with Crippen LogP contribution in [0.2, 0.25) is 5.02 Å². The van der Waals surface area contributed by atoms with Gasteiger partial charge in [0.1, 0.15) is 0 Å². The summed E-state index contributed by atoms with van der Waals surface area (Å²) in [6, 6.07) is 7.21. The Balaban J connectivity index is 2.04. The van der Waals surface area contributed by atoms with Gasteiger partial charge in [-0.1, -0.05) is 17.7 Å². The zero-order chi connectivity index (χ0) is 13.5. The minimum absolute atomic E-state index is 0.524. The van der Waals surface area contributed by atoms with Crippen LogP contribution in [-0.2, 0) is 4.74 Å². The lowest BCUT2D eigenvalue weighted by Gasteiger charge is -1.96. The summed E-state index contributed by atoms with van der Waals surface area (Å²) >= 11 is 5.82. The number of benzene rings is 1. The van der Waals surface area contributed by atoms with Crippen LogP contribution in [0, 0.1) is 0 Å². The van der Waals surface area contributed by atoms with Crippen molar-refractivity contribution < 1.29 is 4.74 Å². The highest BCUT2D eigenvalue weighted by Crippen LogP contribution is 2.11. The summed E-state index contributed by atoms with van der Waals surface area (Å²) < 4.78 is 5.05. The number of aromatic nitrogens is 4. The first-order valence-electron chi connectivity index (χ1n) is 5.80. The van der Waals surface area contributed by atoms with Gasteiger partial charge in [-0.05, 0) is 48.6 Å². The van der Waals surface area contributed by atoms with Crippen molar-refractivity contribution >= 4 is 17.7 Å². The SMILES string of the molecule is CCO/C=C\C=C/c1nnn(-c2ccc(Cl)cc2)n1. The Labute approximate surface area is 116 Å². The molecule has 0 aliphatic rings. The summed E-state index contributed by atoms with van der Waals surface area (Å²) in [5, 5.41) is 12.8. The largest absolute Gasteiger partial charge is 0.501 e. The Bertz CT molecular complexity index is 575. The van der Waals surface area contributed by atoms with Crippen LogP contribution >= 0.6 is 11.6 Å². The van der Waals surface area contributed by atoms with E-state index in [4.69, 9.17) is 16.3 Å². The smallest absolute Gasteiger partial charge is 0.198 e. The Morgan fingerprint density at radius 2 is 2.05 bits per heavy atom. The van der Waals surface area contributed by atoms with E-state index >= 15 is 0 Å². The van der Waals surface area contributed by atoms with Gasteiger partial charge in [-0.3, -0.25) is 0 Å². The van der Waals surface area contributed by atoms with Gasteiger partial charge in [0.25, 0.3) is 0 Å². The van der Waals surface area contributed by atoms with Gasteiger partial charge in [-0.15, -0.1) is 15.0 Å². The molecule has 0 bridgehead atoms. The molecule has 2 aromatic rings. The van der Waals surface area contributed by atoms with Gasteiger partial charge in [0, 0.05) is 5.02 Å². The van der Waals surface area contributed by atoms with E-state index in [-0.39, 0.29) is 0 Å². The monoisotopic (exact) mass is 276 g/mol. The molecule has 1 aromatic carbocycles. The van der Waals surface area contributed by atoms with E-state index in [1.807, 2.05) is 19.1 Å². The molecule has 0 aliphatic carbocycles. The second-order valence-corrected chi connectivity index (χ2v) is 3.99. The molecule has 0 spiro atoms. The minimum atomic E-state index is 0.524. The quantitative estimate of drug-likeness (QED) is 0.622. The van der Waals surface area contributed by atoms with Crippen LogP contribution in [0.25, 0.3) is 11.8 Å². The molecule has 2 rings (SSSR count). The molecule has 5 nitrogen and oxygen atoms in total. The van der Waals surface area contributed by atoms with Crippen LogP contribution in [0.5, 0.6) is 0 Å². The molecule has 19 heavy (non-hydrogen) atoms. The van der Waals surface area contributed by atoms with Crippen molar-refractivity contribution in [2.75, 3.05) is 6.61 Å². The van der Waals surface area contributed by atoms with Crippen LogP contribution in [0.15, 0.2) is 42.7 Å². The predicted molar refractivity (Wildman–Crippen MR) is 74.0 cm³/mol. The fraction of sp³-hybridized carbons (Fsp3) is 0.154. The number of tetrazole rings is 1. The molecular weight excluding hydrogens is 264 g/mol. The summed E-state index contributed by atoms with van der Waals surface area (Å²) in [4.78, 5) is 1.45. The molecule has 0 radical (unpaired) electrons. The summed E-state index contributed by atoms with van der Waals surface area (Å²) in [6.45, 7) is 2.57. The number of allylic oxidation sites excluding steroid dienone is 2. The molecule has 0 saturated heterocycles. The highest BCUT2D eigenvalue weighted by molar-refractivity contribution is 6.30. The number of hydrogen-bond acceptors (Lipinski definition) is 4. The highest BCUT2D eigenvalue weighted by atomic mass is 35.5. The molecule has 0 saturated carbocycles. The van der Waals surface area contributed by atoms with Gasteiger partial charge >= 0.3 is 0 Å². The van der Waals surface area contributed by atoms with Crippen LogP contribution in [0.1, 0.15) is 12.7 Å². The minimum Gasteiger partial charge on any atom is -0.501 e. The van der Waals surface area contributed by atoms with E-state index in [0.29, 0.717) is 17.5 Å². The lowest BCUT2D eigenvalue weighted by molar-refractivity contribution is 0.269. The van der Waals surface area contributed by atoms with Crippen LogP contribution in [0.3, 0.4) is 0 Å². The third-order valence-electron chi connectivity index (χ3n) is 2.18. The number of nitrogens with zero attached hydrogens (tertiary/aromatic N) is 4. The Morgan fingerprint density at radius 1 is 1.26 bits per heavy atom. The topological polar surface area (TPSA) is 52.8 Å². The lowest BCUT2D eigenvalue weighted by atomic mass is 10.3. The van der Waals surface area contributed by atoms with E-state index in [1.54, 1.807) is 36.6 Å². The first-order valence-corrected chi connectivity index (χ1v) is 6.18. The molecule has 0 amide bonds. The fourth-order valence-electron chi connectivity index (χ4n) is 1.31. The molecule has 0 unspecified atom stereocenters. The average Bonchev–Trinajstić information content (AvgIpc) is 2.88. The number of rotatable bonds is 5. The van der Waals surface area contributed by atoms with Crippen molar-refractivity contribution in [1.29, 1.82) is 0 Å². The van der Waals surface area contributed by atoms with Crippen molar-refractivity contribution in [3.05, 3.63) is 53.5 Å². The molecule has 0 fully saturated rings. The summed E-state index contributed by atoms with van der Waals surface area (Å²) in [6.07, 6.45) is 6.92. The van der Waals surface area contributed by atoms with Gasteiger partial charge in [-0.25, -0.2) is 0 Å². The van der Waals surface area contributed by atoms with Gasteiger partial charge in [0.05, 0.1) is 18.6 Å². The maximum atomic E-state index is 5.82. The predicted octanol–water partition coefficient (Wildman–Crippen LogP) is 2.88. The van der Waals surface area contributed by atoms with Gasteiger partial charge in [0.2, 0.25) is 0 Å². The lowest BCUT2D eigenvalue weighted by Crippen LogP contribution is -1.98. The second-order valence-electron chi connectivity index (χ2n) is 3.56. The molecule has 98 valence electrons. The van der Waals surface area contributed by atoms with E-state index < -0.39 is 0 Å². The first-order chi connectivity index (χ1) is 9.29. The number of halogens is 1. The molecule has 0 aliphatic heterocycles. The third kappa shape index (κ3) is 3.93. The fourth-order valence-corrected chi connectivity index (χ4v) is 1.44. The normalized spacial score (nSPS) is 11.5. The Hall–Kier alpha value is -2.14. The van der Waals surface area contributed by atoms with Crippen molar-refractivity contribution in [1.82, 2.24) is 20.2 Å². The first kappa shape index (κ1) is 13.3. The second kappa shape index (κ2) is 6.70. The van der Waals surface area contributed by atoms with Crippen LogP contribution in [-0.4, -0.2) is 26.8 Å². The molecule has 1 aromatic heterocycles. The molecule has 0 N–H and O–H groups in total. The summed E-state index contributed by atoms with van der Waals surface area (Å²) in [5.41, 5.74) is 0.807. The molecule has 6 heteroatoms. The van der Waals surface area contributed by atoms with Crippen LogP contribution in [0.4, 0.5) is 0 Å². The standard InChI is InChI=1S/C13H13ClN4O/c1-2-19-10-4-3-5-13-15-17-18(16-13)12-8-6-11(14)7-9-12/h3-10H,2H2,1H3/b5-3-,10-4-. The molecule has 1 heterocycles. The average molecular weight is 277 g/mol. The van der Waals surface area contributed by atoms with Crippen molar-refractivity contribution in [2.24, 2.45) is 0 Å². The number of hydrogen-bond donors (Lipinski definition) is 0.